The number of nitrogens with zero attached hydrogens (tertiary/aromatic N) is 4. The summed E-state index contributed by atoms with van der Waals surface area (Å²) in [5, 5.41) is 15.3. The molecule has 4 aromatic rings. The van der Waals surface area contributed by atoms with Crippen LogP contribution in [0.2, 0.25) is 0 Å². The number of aliphatic hydroxyl groups is 1. The zero-order valence-corrected chi connectivity index (χ0v) is 23.5. The van der Waals surface area contributed by atoms with Gasteiger partial charge in [0.2, 0.25) is 10.0 Å². The van der Waals surface area contributed by atoms with Crippen molar-refractivity contribution in [1.29, 1.82) is 0 Å². The highest BCUT2D eigenvalue weighted by Crippen LogP contribution is 2.39. The maximum absolute atomic E-state index is 14.6. The van der Waals surface area contributed by atoms with Gasteiger partial charge in [-0.1, -0.05) is 18.2 Å². The number of benzene rings is 3. The van der Waals surface area contributed by atoms with Gasteiger partial charge in [-0.3, -0.25) is 0 Å². The lowest BCUT2D eigenvalue weighted by atomic mass is 9.73. The molecule has 0 spiro atoms. The number of para-hydroxylation sites is 1. The summed E-state index contributed by atoms with van der Waals surface area (Å²) in [4.78, 5) is 1.71. The van der Waals surface area contributed by atoms with E-state index in [1.807, 2.05) is 4.90 Å². The number of hydrogen-bond donors (Lipinski definition) is 1. The molecule has 0 bridgehead atoms. The molecule has 1 aliphatic heterocycles. The summed E-state index contributed by atoms with van der Waals surface area (Å²) in [5.41, 5.74) is -0.326. The molecule has 1 saturated heterocycles. The van der Waals surface area contributed by atoms with Crippen molar-refractivity contribution in [3.05, 3.63) is 83.9 Å². The topological polar surface area (TPSA) is 113 Å². The summed E-state index contributed by atoms with van der Waals surface area (Å²) in [6, 6.07) is 15.1. The molecule has 0 aliphatic carbocycles. The number of rotatable bonds is 7. The van der Waals surface area contributed by atoms with Crippen LogP contribution in [-0.2, 0) is 25.5 Å². The molecule has 5 rings (SSSR count). The van der Waals surface area contributed by atoms with E-state index in [-0.39, 0.29) is 22.0 Å². The van der Waals surface area contributed by atoms with Crippen LogP contribution < -0.4 is 4.90 Å². The van der Waals surface area contributed by atoms with Gasteiger partial charge in [-0.2, -0.15) is 12.5 Å². The van der Waals surface area contributed by atoms with Crippen LogP contribution in [0.5, 0.6) is 0 Å². The molecule has 0 unspecified atom stereocenters. The minimum absolute atomic E-state index is 0.0410. The first-order valence-electron chi connectivity index (χ1n) is 12.5. The minimum atomic E-state index is -4.20. The Hall–Kier alpha value is -3.39. The number of sulfonamides is 1. The fourth-order valence-electron chi connectivity index (χ4n) is 5.11. The number of aliphatic hydroxyl groups excluding tert-OH is 1. The Labute approximate surface area is 231 Å². The normalized spacial score (nSPS) is 16.1. The number of fused-ring (bicyclic) bond motifs is 1. The van der Waals surface area contributed by atoms with Crippen molar-refractivity contribution in [3.63, 3.8) is 0 Å². The van der Waals surface area contributed by atoms with Crippen LogP contribution in [0.3, 0.4) is 0 Å². The SMILES string of the molecule is CN(C)S(=O)(=O)c1ccc(S(=O)(=O)n2nc(N3CCC(CO)(c4ccc(F)cc4F)CC3)c3ccccc32)cc1. The molecule has 9 nitrogen and oxygen atoms in total. The zero-order valence-electron chi connectivity index (χ0n) is 21.8. The second-order valence-electron chi connectivity index (χ2n) is 10.00. The maximum atomic E-state index is 14.6. The molecular formula is C27H28F2N4O5S2. The molecule has 1 aromatic heterocycles. The molecule has 2 heterocycles. The highest BCUT2D eigenvalue weighted by molar-refractivity contribution is 7.90. The van der Waals surface area contributed by atoms with Crippen molar-refractivity contribution in [2.24, 2.45) is 0 Å². The fraction of sp³-hybridized carbons (Fsp3) is 0.296. The summed E-state index contributed by atoms with van der Waals surface area (Å²) in [6.07, 6.45) is 0.670. The van der Waals surface area contributed by atoms with Crippen LogP contribution in [0.15, 0.2) is 76.5 Å². The number of aromatic nitrogens is 2. The van der Waals surface area contributed by atoms with Gasteiger partial charge < -0.3 is 10.0 Å². The Bertz CT molecular complexity index is 1780. The maximum Gasteiger partial charge on any atom is 0.283 e. The van der Waals surface area contributed by atoms with E-state index < -0.39 is 37.1 Å². The van der Waals surface area contributed by atoms with E-state index >= 15 is 0 Å². The average Bonchev–Trinajstić information content (AvgIpc) is 3.34. The summed E-state index contributed by atoms with van der Waals surface area (Å²) < 4.78 is 82.2. The Morgan fingerprint density at radius 1 is 0.925 bits per heavy atom. The Morgan fingerprint density at radius 2 is 1.55 bits per heavy atom. The van der Waals surface area contributed by atoms with E-state index in [9.17, 15) is 30.7 Å². The fourth-order valence-corrected chi connectivity index (χ4v) is 7.30. The molecule has 0 atom stereocenters. The third-order valence-corrected chi connectivity index (χ3v) is 10.9. The highest BCUT2D eigenvalue weighted by Gasteiger charge is 2.39. The first-order valence-corrected chi connectivity index (χ1v) is 15.4. The van der Waals surface area contributed by atoms with E-state index in [0.29, 0.717) is 42.7 Å². The summed E-state index contributed by atoms with van der Waals surface area (Å²) in [7, 11) is -5.16. The van der Waals surface area contributed by atoms with Gasteiger partial charge in [0.15, 0.2) is 5.82 Å². The third kappa shape index (κ3) is 4.66. The van der Waals surface area contributed by atoms with Gasteiger partial charge in [0, 0.05) is 44.1 Å². The van der Waals surface area contributed by atoms with Crippen LogP contribution in [0.25, 0.3) is 10.9 Å². The summed E-state index contributed by atoms with van der Waals surface area (Å²) in [6.45, 7) is 0.359. The number of hydrogen-bond acceptors (Lipinski definition) is 7. The Morgan fingerprint density at radius 3 is 2.15 bits per heavy atom. The minimum Gasteiger partial charge on any atom is -0.395 e. The van der Waals surface area contributed by atoms with Gasteiger partial charge in [-0.25, -0.2) is 21.5 Å². The first-order chi connectivity index (χ1) is 18.9. The van der Waals surface area contributed by atoms with Crippen molar-refractivity contribution < 1.29 is 30.7 Å². The lowest BCUT2D eigenvalue weighted by Gasteiger charge is -2.41. The van der Waals surface area contributed by atoms with Gasteiger partial charge in [0.1, 0.15) is 11.6 Å². The Kier molecular flexibility index (Phi) is 7.19. The summed E-state index contributed by atoms with van der Waals surface area (Å²) >= 11 is 0. The standard InChI is InChI=1S/C27H28F2N4O5S2/c1-31(2)39(35,36)20-8-10-21(11-9-20)40(37,38)33-25-6-4-3-5-22(25)26(30-33)32-15-13-27(18-34,14-16-32)23-12-7-19(28)17-24(23)29/h3-12,17,34H,13-16,18H2,1-2H3. The summed E-state index contributed by atoms with van der Waals surface area (Å²) in [5.74, 6) is -0.997. The molecule has 0 amide bonds. The lowest BCUT2D eigenvalue weighted by Crippen LogP contribution is -2.45. The van der Waals surface area contributed by atoms with E-state index in [2.05, 4.69) is 5.10 Å². The van der Waals surface area contributed by atoms with Gasteiger partial charge in [-0.15, -0.1) is 5.10 Å². The predicted octanol–water partition coefficient (Wildman–Crippen LogP) is 3.33. The zero-order chi connectivity index (χ0) is 28.9. The molecule has 212 valence electrons. The largest absolute Gasteiger partial charge is 0.395 e. The number of piperidine rings is 1. The molecule has 3 aromatic carbocycles. The second kappa shape index (κ2) is 10.2. The molecule has 0 radical (unpaired) electrons. The van der Waals surface area contributed by atoms with Gasteiger partial charge in [-0.05, 0) is 60.9 Å². The molecular weight excluding hydrogens is 562 g/mol. The highest BCUT2D eigenvalue weighted by atomic mass is 32.2. The van der Waals surface area contributed by atoms with Crippen LogP contribution in [0.1, 0.15) is 18.4 Å². The third-order valence-electron chi connectivity index (χ3n) is 7.49. The van der Waals surface area contributed by atoms with Crippen molar-refractivity contribution in [2.45, 2.75) is 28.0 Å². The van der Waals surface area contributed by atoms with E-state index in [1.165, 1.54) is 50.5 Å². The van der Waals surface area contributed by atoms with E-state index in [1.54, 1.807) is 24.3 Å². The average molecular weight is 591 g/mol. The number of anilines is 1. The molecule has 0 saturated carbocycles. The van der Waals surface area contributed by atoms with Crippen molar-refractivity contribution in [1.82, 2.24) is 13.5 Å². The quantitative estimate of drug-likeness (QED) is 0.351. The van der Waals surface area contributed by atoms with Gasteiger partial charge in [0.25, 0.3) is 10.0 Å². The lowest BCUT2D eigenvalue weighted by molar-refractivity contribution is 0.161. The van der Waals surface area contributed by atoms with Gasteiger partial charge >= 0.3 is 0 Å². The Balaban J connectivity index is 1.49. The first kappa shape index (κ1) is 28.1. The number of halogens is 2. The molecule has 13 heteroatoms. The predicted molar refractivity (Wildman–Crippen MR) is 146 cm³/mol. The van der Waals surface area contributed by atoms with Gasteiger partial charge in [0.05, 0.1) is 21.9 Å². The molecule has 40 heavy (non-hydrogen) atoms. The molecule has 1 N–H and O–H groups in total. The van der Waals surface area contributed by atoms with Crippen LogP contribution in [0.4, 0.5) is 14.6 Å². The molecule has 1 aliphatic rings. The second-order valence-corrected chi connectivity index (χ2v) is 13.9. The van der Waals surface area contributed by atoms with Crippen molar-refractivity contribution >= 4 is 36.8 Å². The smallest absolute Gasteiger partial charge is 0.283 e. The van der Waals surface area contributed by atoms with Crippen LogP contribution in [-0.4, -0.2) is 69.2 Å². The van der Waals surface area contributed by atoms with Crippen molar-refractivity contribution in [3.8, 4) is 0 Å². The van der Waals surface area contributed by atoms with E-state index in [4.69, 9.17) is 0 Å². The van der Waals surface area contributed by atoms with Crippen LogP contribution >= 0.6 is 0 Å². The van der Waals surface area contributed by atoms with Crippen LogP contribution in [0, 0.1) is 11.6 Å². The van der Waals surface area contributed by atoms with Crippen molar-refractivity contribution in [2.75, 3.05) is 38.7 Å². The molecule has 1 fully saturated rings. The monoisotopic (exact) mass is 590 g/mol. The van der Waals surface area contributed by atoms with E-state index in [0.717, 1.165) is 14.5 Å².